The number of nitrogens with zero attached hydrogens (tertiary/aromatic N) is 4. The Morgan fingerprint density at radius 2 is 2.00 bits per heavy atom. The number of hydrogen-bond acceptors (Lipinski definition) is 7. The van der Waals surface area contributed by atoms with E-state index in [1.807, 2.05) is 12.2 Å². The summed E-state index contributed by atoms with van der Waals surface area (Å²) in [5, 5.41) is 16.4. The number of aliphatic hydroxyl groups excluding tert-OH is 1. The molecule has 1 aromatic rings. The molecular weight excluding hydrogens is 408 g/mol. The fourth-order valence-electron chi connectivity index (χ4n) is 3.90. The van der Waals surface area contributed by atoms with Crippen LogP contribution in [0.4, 0.5) is 5.82 Å². The smallest absolute Gasteiger partial charge is 0.270 e. The molecule has 9 heteroatoms. The molecule has 3 rings (SSSR count). The van der Waals surface area contributed by atoms with Crippen molar-refractivity contribution in [3.8, 4) is 0 Å². The van der Waals surface area contributed by atoms with Crippen molar-refractivity contribution in [3.63, 3.8) is 0 Å². The molecule has 0 saturated carbocycles. The van der Waals surface area contributed by atoms with Gasteiger partial charge in [-0.15, -0.1) is 0 Å². The highest BCUT2D eigenvalue weighted by Crippen LogP contribution is 2.19. The van der Waals surface area contributed by atoms with Crippen LogP contribution in [0.1, 0.15) is 29.7 Å². The Bertz CT molecular complexity index is 922. The standard InChI is InChI=1S/C23H32N6O3/c1-5-17-7-8-28(11-18(17)6-2)14-20(31)10-24-23(32)21-9-22(26-15(3)25-21)27-19-12-29(13-19)16(4)30/h5-6,9,19-20,31H,1-2,7-8,10-14H2,3-4H3,(H,24,32)(H,25,26,27). The molecule has 2 amide bonds. The van der Waals surface area contributed by atoms with Crippen LogP contribution in [0.3, 0.4) is 0 Å². The molecule has 32 heavy (non-hydrogen) atoms. The van der Waals surface area contributed by atoms with E-state index in [2.05, 4.69) is 38.7 Å². The zero-order valence-corrected chi connectivity index (χ0v) is 18.8. The lowest BCUT2D eigenvalue weighted by Gasteiger charge is -2.39. The first-order valence-electron chi connectivity index (χ1n) is 10.8. The van der Waals surface area contributed by atoms with Gasteiger partial charge in [0.25, 0.3) is 5.91 Å². The average molecular weight is 441 g/mol. The maximum absolute atomic E-state index is 12.6. The molecule has 1 fully saturated rings. The largest absolute Gasteiger partial charge is 0.390 e. The molecular formula is C23H32N6O3. The number of aromatic nitrogens is 2. The van der Waals surface area contributed by atoms with Gasteiger partial charge >= 0.3 is 0 Å². The van der Waals surface area contributed by atoms with E-state index in [0.717, 1.165) is 18.5 Å². The van der Waals surface area contributed by atoms with Gasteiger partial charge in [-0.2, -0.15) is 0 Å². The second kappa shape index (κ2) is 10.5. The van der Waals surface area contributed by atoms with Crippen molar-refractivity contribution in [2.75, 3.05) is 44.6 Å². The first-order chi connectivity index (χ1) is 15.3. The van der Waals surface area contributed by atoms with Crippen molar-refractivity contribution in [2.45, 2.75) is 32.4 Å². The Hall–Kier alpha value is -3.04. The molecule has 2 aliphatic rings. The first kappa shape index (κ1) is 23.6. The van der Waals surface area contributed by atoms with Gasteiger partial charge in [0, 0.05) is 52.3 Å². The molecule has 1 atom stereocenters. The Kier molecular flexibility index (Phi) is 7.76. The first-order valence-corrected chi connectivity index (χ1v) is 10.8. The molecule has 1 unspecified atom stereocenters. The van der Waals surface area contributed by atoms with Crippen LogP contribution in [0, 0.1) is 6.92 Å². The van der Waals surface area contributed by atoms with Crippen LogP contribution in [0.15, 0.2) is 42.5 Å². The van der Waals surface area contributed by atoms with Gasteiger partial charge in [0.15, 0.2) is 0 Å². The summed E-state index contributed by atoms with van der Waals surface area (Å²) < 4.78 is 0. The van der Waals surface area contributed by atoms with Crippen LogP contribution < -0.4 is 10.6 Å². The third-order valence-corrected chi connectivity index (χ3v) is 5.71. The highest BCUT2D eigenvalue weighted by molar-refractivity contribution is 5.93. The zero-order chi connectivity index (χ0) is 23.3. The van der Waals surface area contributed by atoms with Gasteiger partial charge in [0.05, 0.1) is 12.1 Å². The van der Waals surface area contributed by atoms with Crippen molar-refractivity contribution in [1.29, 1.82) is 0 Å². The van der Waals surface area contributed by atoms with Gasteiger partial charge in [-0.25, -0.2) is 9.97 Å². The number of hydrogen-bond donors (Lipinski definition) is 3. The van der Waals surface area contributed by atoms with Gasteiger partial charge < -0.3 is 20.6 Å². The third-order valence-electron chi connectivity index (χ3n) is 5.71. The number of aryl methyl sites for hydroxylation is 1. The molecule has 3 N–H and O–H groups in total. The number of allylic oxidation sites excluding steroid dienone is 1. The van der Waals surface area contributed by atoms with E-state index in [4.69, 9.17) is 0 Å². The van der Waals surface area contributed by atoms with E-state index in [-0.39, 0.29) is 30.1 Å². The summed E-state index contributed by atoms with van der Waals surface area (Å²) in [6.07, 6.45) is 3.86. The minimum absolute atomic E-state index is 0.0444. The summed E-state index contributed by atoms with van der Waals surface area (Å²) in [4.78, 5) is 36.3. The predicted molar refractivity (Wildman–Crippen MR) is 123 cm³/mol. The van der Waals surface area contributed by atoms with Crippen molar-refractivity contribution in [1.82, 2.24) is 25.1 Å². The average Bonchev–Trinajstić information content (AvgIpc) is 2.73. The Labute approximate surface area is 188 Å². The number of likely N-dealkylation sites (tertiary alicyclic amines) is 1. The highest BCUT2D eigenvalue weighted by Gasteiger charge is 2.29. The molecule has 0 aromatic carbocycles. The maximum atomic E-state index is 12.6. The SMILES string of the molecule is C=CC1=C(C=C)CN(CC(O)CNC(=O)c2cc(NC3CN(C(C)=O)C3)nc(C)n2)CC1. The van der Waals surface area contributed by atoms with Crippen molar-refractivity contribution < 1.29 is 14.7 Å². The van der Waals surface area contributed by atoms with Crippen LogP contribution in [-0.2, 0) is 4.79 Å². The number of carbonyl (C=O) groups excluding carboxylic acids is 2. The number of anilines is 1. The van der Waals surface area contributed by atoms with Gasteiger partial charge in [-0.3, -0.25) is 14.5 Å². The summed E-state index contributed by atoms with van der Waals surface area (Å²) in [5.41, 5.74) is 2.55. The molecule has 3 heterocycles. The quantitative estimate of drug-likeness (QED) is 0.523. The Morgan fingerprint density at radius 1 is 1.28 bits per heavy atom. The number of carbonyl (C=O) groups is 2. The molecule has 0 radical (unpaired) electrons. The molecule has 1 aromatic heterocycles. The van der Waals surface area contributed by atoms with E-state index < -0.39 is 6.10 Å². The number of β-amino-alcohol motifs (C(OH)–C–C–N with tert-alkyl or cyclic N) is 1. The number of rotatable bonds is 9. The number of nitrogens with one attached hydrogen (secondary N) is 2. The molecule has 0 aliphatic carbocycles. The van der Waals surface area contributed by atoms with Crippen molar-refractivity contribution in [3.05, 3.63) is 54.0 Å². The summed E-state index contributed by atoms with van der Waals surface area (Å²) in [6, 6.07) is 1.69. The van der Waals surface area contributed by atoms with Crippen LogP contribution in [0.2, 0.25) is 0 Å². The molecule has 2 aliphatic heterocycles. The fraction of sp³-hybridized carbons (Fsp3) is 0.478. The number of amides is 2. The Balaban J connectivity index is 1.50. The van der Waals surface area contributed by atoms with E-state index in [1.54, 1.807) is 24.8 Å². The highest BCUT2D eigenvalue weighted by atomic mass is 16.3. The monoisotopic (exact) mass is 440 g/mol. The third kappa shape index (κ3) is 6.02. The molecule has 172 valence electrons. The summed E-state index contributed by atoms with van der Waals surface area (Å²) in [7, 11) is 0. The fourth-order valence-corrected chi connectivity index (χ4v) is 3.90. The summed E-state index contributed by atoms with van der Waals surface area (Å²) in [5.74, 6) is 0.698. The maximum Gasteiger partial charge on any atom is 0.270 e. The minimum atomic E-state index is -0.705. The molecule has 9 nitrogen and oxygen atoms in total. The van der Waals surface area contributed by atoms with Gasteiger partial charge in [0.1, 0.15) is 17.3 Å². The molecule has 0 spiro atoms. The van der Waals surface area contributed by atoms with Crippen LogP contribution in [-0.4, -0.2) is 88.1 Å². The summed E-state index contributed by atoms with van der Waals surface area (Å²) >= 11 is 0. The number of aliphatic hydroxyl groups is 1. The second-order valence-electron chi connectivity index (χ2n) is 8.26. The topological polar surface area (TPSA) is 111 Å². The van der Waals surface area contributed by atoms with Gasteiger partial charge in [-0.05, 0) is 24.5 Å². The normalized spacial score (nSPS) is 18.0. The lowest BCUT2D eigenvalue weighted by atomic mass is 10.00. The zero-order valence-electron chi connectivity index (χ0n) is 18.8. The van der Waals surface area contributed by atoms with E-state index in [1.165, 1.54) is 5.57 Å². The van der Waals surface area contributed by atoms with E-state index in [9.17, 15) is 14.7 Å². The summed E-state index contributed by atoms with van der Waals surface area (Å²) in [6.45, 7) is 14.3. The van der Waals surface area contributed by atoms with E-state index in [0.29, 0.717) is 37.8 Å². The lowest BCUT2D eigenvalue weighted by Crippen LogP contribution is -2.56. The second-order valence-corrected chi connectivity index (χ2v) is 8.26. The molecule has 0 bridgehead atoms. The van der Waals surface area contributed by atoms with Crippen LogP contribution >= 0.6 is 0 Å². The molecule has 1 saturated heterocycles. The lowest BCUT2D eigenvalue weighted by molar-refractivity contribution is -0.132. The Morgan fingerprint density at radius 3 is 2.66 bits per heavy atom. The van der Waals surface area contributed by atoms with Crippen molar-refractivity contribution in [2.24, 2.45) is 0 Å². The van der Waals surface area contributed by atoms with E-state index >= 15 is 0 Å². The van der Waals surface area contributed by atoms with Crippen LogP contribution in [0.5, 0.6) is 0 Å². The van der Waals surface area contributed by atoms with Crippen molar-refractivity contribution >= 4 is 17.6 Å². The minimum Gasteiger partial charge on any atom is -0.390 e. The van der Waals surface area contributed by atoms with Gasteiger partial charge in [0.2, 0.25) is 5.91 Å². The van der Waals surface area contributed by atoms with Gasteiger partial charge in [-0.1, -0.05) is 25.3 Å². The van der Waals surface area contributed by atoms with Crippen LogP contribution in [0.25, 0.3) is 0 Å². The predicted octanol–water partition coefficient (Wildman–Crippen LogP) is 0.893.